The number of nitrogens with one attached hydrogen (secondary N) is 1. The third-order valence-corrected chi connectivity index (χ3v) is 2.41. The number of esters is 2. The average molecular weight is 299 g/mol. The third kappa shape index (κ3) is 11.7. The Morgan fingerprint density at radius 1 is 1.10 bits per heavy atom. The molecule has 0 aliphatic rings. The van der Waals surface area contributed by atoms with Gasteiger partial charge in [-0.2, -0.15) is 0 Å². The number of rotatable bonds is 10. The molecule has 0 rings (SSSR count). The maximum absolute atomic E-state index is 11.4. The number of carbonyl (C=O) groups is 3. The van der Waals surface area contributed by atoms with Crippen LogP contribution in [0.3, 0.4) is 0 Å². The van der Waals surface area contributed by atoms with Crippen LogP contribution >= 0.6 is 0 Å². The molecule has 0 aromatic heterocycles. The van der Waals surface area contributed by atoms with E-state index in [-0.39, 0.29) is 31.5 Å². The second-order valence-electron chi connectivity index (χ2n) is 5.00. The Labute approximate surface area is 125 Å². The van der Waals surface area contributed by atoms with Crippen LogP contribution in [0, 0.1) is 0 Å². The van der Waals surface area contributed by atoms with Gasteiger partial charge in [-0.05, 0) is 33.6 Å². The summed E-state index contributed by atoms with van der Waals surface area (Å²) < 4.78 is 9.88. The van der Waals surface area contributed by atoms with Gasteiger partial charge in [0.2, 0.25) is 5.91 Å². The van der Waals surface area contributed by atoms with Crippen molar-refractivity contribution >= 4 is 17.8 Å². The first-order valence-corrected chi connectivity index (χ1v) is 7.11. The Bertz CT molecular complexity index is 376. The Balaban J connectivity index is 3.52. The van der Waals surface area contributed by atoms with Gasteiger partial charge in [0, 0.05) is 12.1 Å². The van der Waals surface area contributed by atoms with Gasteiger partial charge in [-0.1, -0.05) is 6.58 Å². The van der Waals surface area contributed by atoms with Crippen molar-refractivity contribution in [2.45, 2.75) is 52.6 Å². The molecule has 0 radical (unpaired) electrons. The van der Waals surface area contributed by atoms with Gasteiger partial charge in [-0.3, -0.25) is 14.4 Å². The molecule has 120 valence electrons. The molecule has 6 nitrogen and oxygen atoms in total. The van der Waals surface area contributed by atoms with Gasteiger partial charge in [0.15, 0.2) is 0 Å². The summed E-state index contributed by atoms with van der Waals surface area (Å²) in [6.45, 7) is 9.47. The monoisotopic (exact) mass is 299 g/mol. The van der Waals surface area contributed by atoms with E-state index in [2.05, 4.69) is 11.9 Å². The summed E-state index contributed by atoms with van der Waals surface area (Å²) in [6.07, 6.45) is 1.24. The molecule has 0 aliphatic carbocycles. The molecule has 0 aromatic carbocycles. The van der Waals surface area contributed by atoms with Crippen LogP contribution in [0.5, 0.6) is 0 Å². The third-order valence-electron chi connectivity index (χ3n) is 2.41. The van der Waals surface area contributed by atoms with E-state index in [0.29, 0.717) is 25.0 Å². The lowest BCUT2D eigenvalue weighted by molar-refractivity contribution is -0.152. The van der Waals surface area contributed by atoms with Gasteiger partial charge < -0.3 is 14.8 Å². The zero-order valence-corrected chi connectivity index (χ0v) is 13.1. The minimum absolute atomic E-state index is 0.0257. The first-order valence-electron chi connectivity index (χ1n) is 7.11. The first kappa shape index (κ1) is 19.1. The molecule has 1 amide bonds. The molecule has 0 spiro atoms. The van der Waals surface area contributed by atoms with Crippen LogP contribution in [0.15, 0.2) is 12.2 Å². The number of amides is 1. The van der Waals surface area contributed by atoms with E-state index >= 15 is 0 Å². The van der Waals surface area contributed by atoms with Crippen LogP contribution in [0.4, 0.5) is 0 Å². The molecule has 0 aromatic rings. The van der Waals surface area contributed by atoms with E-state index < -0.39 is 11.9 Å². The highest BCUT2D eigenvalue weighted by atomic mass is 16.5. The highest BCUT2D eigenvalue weighted by Gasteiger charge is 2.10. The van der Waals surface area contributed by atoms with Gasteiger partial charge in [0.25, 0.3) is 0 Å². The van der Waals surface area contributed by atoms with Crippen molar-refractivity contribution in [1.29, 1.82) is 0 Å². The lowest BCUT2D eigenvalue weighted by Gasteiger charge is -2.08. The van der Waals surface area contributed by atoms with Crippen molar-refractivity contribution in [3.05, 3.63) is 12.2 Å². The summed E-state index contributed by atoms with van der Waals surface area (Å²) in [4.78, 5) is 33.7. The van der Waals surface area contributed by atoms with Crippen molar-refractivity contribution in [2.75, 3.05) is 13.2 Å². The number of hydrogen-bond donors (Lipinski definition) is 1. The van der Waals surface area contributed by atoms with Gasteiger partial charge in [0.1, 0.15) is 0 Å². The number of ether oxygens (including phenoxy) is 2. The Hall–Kier alpha value is -1.85. The quantitative estimate of drug-likeness (QED) is 0.377. The molecule has 0 fully saturated rings. The van der Waals surface area contributed by atoms with E-state index in [1.165, 1.54) is 0 Å². The predicted octanol–water partition coefficient (Wildman–Crippen LogP) is 1.73. The minimum atomic E-state index is -0.415. The van der Waals surface area contributed by atoms with Crippen molar-refractivity contribution in [3.8, 4) is 0 Å². The molecule has 0 atom stereocenters. The molecular formula is C15H25NO5. The maximum Gasteiger partial charge on any atom is 0.306 e. The predicted molar refractivity (Wildman–Crippen MR) is 78.5 cm³/mol. The first-order chi connectivity index (χ1) is 9.82. The fourth-order valence-electron chi connectivity index (χ4n) is 1.36. The maximum atomic E-state index is 11.4. The van der Waals surface area contributed by atoms with Crippen molar-refractivity contribution in [2.24, 2.45) is 0 Å². The Morgan fingerprint density at radius 3 is 2.29 bits per heavy atom. The summed E-state index contributed by atoms with van der Waals surface area (Å²) in [5.41, 5.74) is 0.467. The average Bonchev–Trinajstić information content (AvgIpc) is 2.39. The molecule has 0 saturated heterocycles. The van der Waals surface area contributed by atoms with Crippen LogP contribution < -0.4 is 5.32 Å². The highest BCUT2D eigenvalue weighted by molar-refractivity contribution is 5.92. The van der Waals surface area contributed by atoms with E-state index in [4.69, 9.17) is 9.47 Å². The van der Waals surface area contributed by atoms with Gasteiger partial charge >= 0.3 is 11.9 Å². The van der Waals surface area contributed by atoms with Crippen LogP contribution in [0.2, 0.25) is 0 Å². The fraction of sp³-hybridized carbons (Fsp3) is 0.667. The number of unbranched alkanes of at least 4 members (excludes halogenated alkanes) is 1. The molecular weight excluding hydrogens is 274 g/mol. The highest BCUT2D eigenvalue weighted by Crippen LogP contribution is 2.00. The summed E-state index contributed by atoms with van der Waals surface area (Å²) >= 11 is 0. The summed E-state index contributed by atoms with van der Waals surface area (Å²) in [6, 6.07) is 0. The number of carbonyl (C=O) groups excluding carboxylic acids is 3. The Kier molecular flexibility index (Phi) is 9.92. The lowest BCUT2D eigenvalue weighted by Crippen LogP contribution is -2.24. The SMILES string of the molecule is C=C(C)C(=O)NCCCCOC(=O)CCC(=O)OC(C)C. The smallest absolute Gasteiger partial charge is 0.306 e. The van der Waals surface area contributed by atoms with E-state index in [9.17, 15) is 14.4 Å². The van der Waals surface area contributed by atoms with E-state index in [1.807, 2.05) is 0 Å². The standard InChI is InChI=1S/C15H25NO5/c1-11(2)15(19)16-9-5-6-10-20-13(17)7-8-14(18)21-12(3)4/h12H,1,5-10H2,2-4H3,(H,16,19). The van der Waals surface area contributed by atoms with Gasteiger partial charge in [-0.15, -0.1) is 0 Å². The van der Waals surface area contributed by atoms with Crippen LogP contribution in [-0.2, 0) is 23.9 Å². The molecule has 0 heterocycles. The zero-order chi connectivity index (χ0) is 16.3. The summed E-state index contributed by atoms with van der Waals surface area (Å²) in [5, 5.41) is 2.69. The molecule has 21 heavy (non-hydrogen) atoms. The molecule has 0 aliphatic heterocycles. The summed E-state index contributed by atoms with van der Waals surface area (Å²) in [7, 11) is 0. The largest absolute Gasteiger partial charge is 0.466 e. The van der Waals surface area contributed by atoms with Crippen molar-refractivity contribution < 1.29 is 23.9 Å². The lowest BCUT2D eigenvalue weighted by atomic mass is 10.3. The molecule has 0 saturated carbocycles. The summed E-state index contributed by atoms with van der Waals surface area (Å²) in [5.74, 6) is -0.984. The van der Waals surface area contributed by atoms with E-state index in [1.54, 1.807) is 20.8 Å². The topological polar surface area (TPSA) is 81.7 Å². The van der Waals surface area contributed by atoms with Crippen LogP contribution in [0.1, 0.15) is 46.5 Å². The van der Waals surface area contributed by atoms with Crippen molar-refractivity contribution in [1.82, 2.24) is 5.32 Å². The van der Waals surface area contributed by atoms with E-state index in [0.717, 1.165) is 0 Å². The van der Waals surface area contributed by atoms with Crippen LogP contribution in [0.25, 0.3) is 0 Å². The van der Waals surface area contributed by atoms with Crippen molar-refractivity contribution in [3.63, 3.8) is 0 Å². The van der Waals surface area contributed by atoms with Gasteiger partial charge in [0.05, 0.1) is 25.6 Å². The second kappa shape index (κ2) is 10.9. The normalized spacial score (nSPS) is 10.1. The Morgan fingerprint density at radius 2 is 1.71 bits per heavy atom. The molecule has 6 heteroatoms. The minimum Gasteiger partial charge on any atom is -0.466 e. The second-order valence-corrected chi connectivity index (χ2v) is 5.00. The zero-order valence-electron chi connectivity index (χ0n) is 13.1. The fourth-order valence-corrected chi connectivity index (χ4v) is 1.36. The van der Waals surface area contributed by atoms with Gasteiger partial charge in [-0.25, -0.2) is 0 Å². The molecule has 1 N–H and O–H groups in total. The van der Waals surface area contributed by atoms with Crippen LogP contribution in [-0.4, -0.2) is 37.1 Å². The molecule has 0 bridgehead atoms. The number of hydrogen-bond acceptors (Lipinski definition) is 5. The molecule has 0 unspecified atom stereocenters.